The van der Waals surface area contributed by atoms with Crippen LogP contribution in [0.4, 0.5) is 5.69 Å². The second kappa shape index (κ2) is 12.4. The van der Waals surface area contributed by atoms with Crippen LogP contribution in [0.5, 0.6) is 5.75 Å². The van der Waals surface area contributed by atoms with Crippen LogP contribution in [0.1, 0.15) is 16.7 Å². The predicted octanol–water partition coefficient (Wildman–Crippen LogP) is 3.16. The molecule has 0 saturated carbocycles. The van der Waals surface area contributed by atoms with Gasteiger partial charge in [-0.2, -0.15) is 0 Å². The maximum Gasteiger partial charge on any atom is 0.244 e. The zero-order valence-electron chi connectivity index (χ0n) is 21.5. The normalized spacial score (nSPS) is 11.9. The fraction of sp³-hybridized carbons (Fsp3) is 0.286. The van der Waals surface area contributed by atoms with Crippen LogP contribution < -0.4 is 14.4 Å². The Morgan fingerprint density at radius 2 is 1.54 bits per heavy atom. The van der Waals surface area contributed by atoms with E-state index in [2.05, 4.69) is 5.32 Å². The molecular formula is C28H33N3O5S. The Morgan fingerprint density at radius 1 is 0.919 bits per heavy atom. The standard InChI is InChI=1S/C28H33N3O5S/c1-21-14-16-23(17-15-21)19-30(25(28(33)29-2)18-22-10-6-5-7-11-22)27(32)20-31(37(4,34)35)24-12-8-9-13-26(24)36-3/h5-17,25H,18-20H2,1-4H3,(H,29,33)/t25-/m1/s1. The number of rotatable bonds is 11. The minimum absolute atomic E-state index is 0.133. The number of carbonyl (C=O) groups is 2. The first-order chi connectivity index (χ1) is 17.6. The van der Waals surface area contributed by atoms with Crippen molar-refractivity contribution in [2.45, 2.75) is 25.9 Å². The average molecular weight is 524 g/mol. The summed E-state index contributed by atoms with van der Waals surface area (Å²) < 4.78 is 32.0. The van der Waals surface area contributed by atoms with Crippen LogP contribution in [0.3, 0.4) is 0 Å². The van der Waals surface area contributed by atoms with Gasteiger partial charge in [0.15, 0.2) is 0 Å². The van der Waals surface area contributed by atoms with Crippen molar-refractivity contribution in [3.63, 3.8) is 0 Å². The monoisotopic (exact) mass is 523 g/mol. The van der Waals surface area contributed by atoms with E-state index >= 15 is 0 Å². The molecule has 196 valence electrons. The number of anilines is 1. The van der Waals surface area contributed by atoms with Crippen molar-refractivity contribution in [2.24, 2.45) is 0 Å². The van der Waals surface area contributed by atoms with Gasteiger partial charge in [0.1, 0.15) is 18.3 Å². The van der Waals surface area contributed by atoms with Gasteiger partial charge in [0, 0.05) is 20.0 Å². The van der Waals surface area contributed by atoms with Crippen molar-refractivity contribution in [3.05, 3.63) is 95.6 Å². The molecule has 0 saturated heterocycles. The number of ether oxygens (including phenoxy) is 1. The number of methoxy groups -OCH3 is 1. The highest BCUT2D eigenvalue weighted by Gasteiger charge is 2.33. The summed E-state index contributed by atoms with van der Waals surface area (Å²) >= 11 is 0. The molecule has 3 aromatic rings. The van der Waals surface area contributed by atoms with Gasteiger partial charge < -0.3 is 15.0 Å². The van der Waals surface area contributed by atoms with Gasteiger partial charge in [-0.1, -0.05) is 72.3 Å². The Kier molecular flexibility index (Phi) is 9.30. The lowest BCUT2D eigenvalue weighted by molar-refractivity contribution is -0.139. The van der Waals surface area contributed by atoms with E-state index < -0.39 is 28.5 Å². The van der Waals surface area contributed by atoms with E-state index in [0.29, 0.717) is 5.75 Å². The molecule has 0 heterocycles. The molecule has 0 aromatic heterocycles. The topological polar surface area (TPSA) is 96.0 Å². The molecule has 8 nitrogen and oxygen atoms in total. The summed E-state index contributed by atoms with van der Waals surface area (Å²) in [6.45, 7) is 1.60. The molecule has 3 rings (SSSR count). The number of nitrogens with zero attached hydrogens (tertiary/aromatic N) is 2. The third kappa shape index (κ3) is 7.33. The van der Waals surface area contributed by atoms with Crippen LogP contribution in [0.2, 0.25) is 0 Å². The lowest BCUT2D eigenvalue weighted by Crippen LogP contribution is -2.52. The molecule has 0 radical (unpaired) electrons. The molecule has 2 amide bonds. The first kappa shape index (κ1) is 27.7. The number of amides is 2. The highest BCUT2D eigenvalue weighted by atomic mass is 32.2. The van der Waals surface area contributed by atoms with Gasteiger partial charge in [-0.05, 0) is 30.2 Å². The van der Waals surface area contributed by atoms with E-state index in [-0.39, 0.29) is 24.6 Å². The van der Waals surface area contributed by atoms with Crippen molar-refractivity contribution >= 4 is 27.5 Å². The van der Waals surface area contributed by atoms with Crippen LogP contribution in [-0.2, 0) is 32.6 Å². The lowest BCUT2D eigenvalue weighted by Gasteiger charge is -2.33. The SMILES string of the molecule is CNC(=O)[C@@H](Cc1ccccc1)N(Cc1ccc(C)cc1)C(=O)CN(c1ccccc1OC)S(C)(=O)=O. The van der Waals surface area contributed by atoms with Gasteiger partial charge in [-0.15, -0.1) is 0 Å². The van der Waals surface area contributed by atoms with Crippen molar-refractivity contribution in [1.29, 1.82) is 0 Å². The van der Waals surface area contributed by atoms with Gasteiger partial charge in [0.25, 0.3) is 0 Å². The molecule has 9 heteroatoms. The largest absolute Gasteiger partial charge is 0.495 e. The van der Waals surface area contributed by atoms with Crippen LogP contribution in [-0.4, -0.2) is 58.1 Å². The Morgan fingerprint density at radius 3 is 2.14 bits per heavy atom. The first-order valence-corrected chi connectivity index (χ1v) is 13.7. The van der Waals surface area contributed by atoms with Crippen LogP contribution >= 0.6 is 0 Å². The number of para-hydroxylation sites is 2. The van der Waals surface area contributed by atoms with Gasteiger partial charge in [-0.3, -0.25) is 13.9 Å². The van der Waals surface area contributed by atoms with E-state index in [0.717, 1.165) is 27.3 Å². The molecule has 3 aromatic carbocycles. The van der Waals surface area contributed by atoms with Gasteiger partial charge in [0.05, 0.1) is 19.1 Å². The zero-order valence-corrected chi connectivity index (χ0v) is 22.4. The third-order valence-electron chi connectivity index (χ3n) is 6.02. The summed E-state index contributed by atoms with van der Waals surface area (Å²) in [6, 6.07) is 22.8. The third-order valence-corrected chi connectivity index (χ3v) is 7.15. The highest BCUT2D eigenvalue weighted by molar-refractivity contribution is 7.92. The molecule has 0 aliphatic rings. The first-order valence-electron chi connectivity index (χ1n) is 11.8. The molecule has 0 unspecified atom stereocenters. The van der Waals surface area contributed by atoms with Crippen LogP contribution in [0.15, 0.2) is 78.9 Å². The van der Waals surface area contributed by atoms with Crippen molar-refractivity contribution in [3.8, 4) is 5.75 Å². The Balaban J connectivity index is 2.04. The summed E-state index contributed by atoms with van der Waals surface area (Å²) in [5, 5.41) is 2.66. The minimum atomic E-state index is -3.86. The number of aryl methyl sites for hydroxylation is 1. The van der Waals surface area contributed by atoms with E-state index in [1.165, 1.54) is 19.1 Å². The molecule has 0 aliphatic carbocycles. The van der Waals surface area contributed by atoms with E-state index in [9.17, 15) is 18.0 Å². The van der Waals surface area contributed by atoms with Crippen molar-refractivity contribution in [2.75, 3.05) is 31.3 Å². The highest BCUT2D eigenvalue weighted by Crippen LogP contribution is 2.29. The summed E-state index contributed by atoms with van der Waals surface area (Å²) in [4.78, 5) is 28.4. The van der Waals surface area contributed by atoms with Crippen LogP contribution in [0, 0.1) is 6.92 Å². The molecule has 0 fully saturated rings. The summed E-state index contributed by atoms with van der Waals surface area (Å²) in [5.41, 5.74) is 3.01. The number of likely N-dealkylation sites (N-methyl/N-ethyl adjacent to an activating group) is 1. The van der Waals surface area contributed by atoms with Gasteiger partial charge >= 0.3 is 0 Å². The molecule has 1 N–H and O–H groups in total. The van der Waals surface area contributed by atoms with E-state index in [1.54, 1.807) is 24.3 Å². The maximum atomic E-state index is 13.9. The van der Waals surface area contributed by atoms with Crippen molar-refractivity contribution < 1.29 is 22.7 Å². The summed E-state index contributed by atoms with van der Waals surface area (Å²) in [7, 11) is -0.906. The number of benzene rings is 3. The van der Waals surface area contributed by atoms with E-state index in [4.69, 9.17) is 4.74 Å². The molecule has 0 spiro atoms. The molecule has 0 aliphatic heterocycles. The Hall–Kier alpha value is -3.85. The molecule has 0 bridgehead atoms. The number of carbonyl (C=O) groups excluding carboxylic acids is 2. The summed E-state index contributed by atoms with van der Waals surface area (Å²) in [6.07, 6.45) is 1.31. The second-order valence-electron chi connectivity index (χ2n) is 8.77. The number of hydrogen-bond acceptors (Lipinski definition) is 5. The zero-order chi connectivity index (χ0) is 27.0. The summed E-state index contributed by atoms with van der Waals surface area (Å²) in [5.74, 6) is -0.535. The number of hydrogen-bond donors (Lipinski definition) is 1. The second-order valence-corrected chi connectivity index (χ2v) is 10.7. The van der Waals surface area contributed by atoms with Gasteiger partial charge in [-0.25, -0.2) is 8.42 Å². The quantitative estimate of drug-likeness (QED) is 0.417. The minimum Gasteiger partial charge on any atom is -0.495 e. The van der Waals surface area contributed by atoms with Crippen LogP contribution in [0.25, 0.3) is 0 Å². The molecule has 1 atom stereocenters. The maximum absolute atomic E-state index is 13.9. The average Bonchev–Trinajstić information content (AvgIpc) is 2.89. The Bertz CT molecular complexity index is 1310. The van der Waals surface area contributed by atoms with E-state index in [1.807, 2.05) is 61.5 Å². The fourth-order valence-corrected chi connectivity index (χ4v) is 4.89. The number of nitrogens with one attached hydrogen (secondary N) is 1. The molecule has 37 heavy (non-hydrogen) atoms. The number of sulfonamides is 1. The lowest BCUT2D eigenvalue weighted by atomic mass is 10.0. The predicted molar refractivity (Wildman–Crippen MR) is 145 cm³/mol. The van der Waals surface area contributed by atoms with Crippen molar-refractivity contribution in [1.82, 2.24) is 10.2 Å². The molecular weight excluding hydrogens is 490 g/mol. The smallest absolute Gasteiger partial charge is 0.244 e. The van der Waals surface area contributed by atoms with Gasteiger partial charge in [0.2, 0.25) is 21.8 Å². The fourth-order valence-electron chi connectivity index (χ4n) is 4.04. The Labute approximate surface area is 218 Å².